The van der Waals surface area contributed by atoms with Crippen LogP contribution < -0.4 is 11.1 Å². The molecule has 5 heterocycles. The van der Waals surface area contributed by atoms with Gasteiger partial charge in [-0.15, -0.1) is 0 Å². The predicted octanol–water partition coefficient (Wildman–Crippen LogP) is 0.0994. The van der Waals surface area contributed by atoms with Gasteiger partial charge in [-0.2, -0.15) is 0 Å². The maximum Gasteiger partial charge on any atom is 0.307 e. The van der Waals surface area contributed by atoms with E-state index in [1.54, 1.807) is 17.7 Å². The highest BCUT2D eigenvalue weighted by Gasteiger charge is 2.60. The Kier molecular flexibility index (Phi) is 7.93. The standard InChI is InChI=1S/C26H32N6O9/c1-14(33)38-12-18-22(40-20(36)4-5-31-6-8-37-9-7-31)26(3,41-15(2)34)25(39-18)32-11-16-17(27)10-19(35)30-23-21(16)24(32)29-13-28-23/h10-11,13,18,22,25H,4-9,12,27H2,1-3H3,(H,28,29,30,35). The third kappa shape index (κ3) is 5.73. The Labute approximate surface area is 234 Å². The molecular formula is C26H32N6O9. The Balaban J connectivity index is 1.52. The van der Waals surface area contributed by atoms with Crippen molar-refractivity contribution in [2.45, 2.75) is 51.2 Å². The van der Waals surface area contributed by atoms with Gasteiger partial charge >= 0.3 is 17.9 Å². The molecule has 0 spiro atoms. The number of morpholine rings is 1. The van der Waals surface area contributed by atoms with Crippen LogP contribution >= 0.6 is 0 Å². The molecule has 5 rings (SSSR count). The molecule has 2 fully saturated rings. The van der Waals surface area contributed by atoms with E-state index in [2.05, 4.69) is 20.2 Å². The monoisotopic (exact) mass is 572 g/mol. The Morgan fingerprint density at radius 3 is 2.66 bits per heavy atom. The van der Waals surface area contributed by atoms with E-state index >= 15 is 0 Å². The van der Waals surface area contributed by atoms with Crippen LogP contribution in [0.15, 0.2) is 18.6 Å². The van der Waals surface area contributed by atoms with Gasteiger partial charge in [-0.05, 0) is 6.92 Å². The quantitative estimate of drug-likeness (QED) is 0.321. The highest BCUT2D eigenvalue weighted by atomic mass is 16.7. The van der Waals surface area contributed by atoms with Crippen LogP contribution in [0.4, 0.5) is 5.82 Å². The maximum atomic E-state index is 13.1. The first kappa shape index (κ1) is 28.4. The Morgan fingerprint density at radius 1 is 1.20 bits per heavy atom. The molecule has 0 bridgehead atoms. The SMILES string of the molecule is CC(=O)OCC1OC(n2cc3c4c(ncnc42)NC(=O)C=C3N)C(C)(OC(C)=O)C1OC(=O)CCN1CCOCC1. The van der Waals surface area contributed by atoms with Crippen molar-refractivity contribution in [2.75, 3.05) is 44.8 Å². The molecular weight excluding hydrogens is 540 g/mol. The molecule has 2 saturated heterocycles. The molecule has 2 aromatic heterocycles. The zero-order valence-electron chi connectivity index (χ0n) is 23.0. The minimum Gasteiger partial charge on any atom is -0.463 e. The molecule has 0 saturated carbocycles. The number of rotatable bonds is 8. The molecule has 220 valence electrons. The topological polar surface area (TPSA) is 186 Å². The predicted molar refractivity (Wildman–Crippen MR) is 141 cm³/mol. The first-order valence-corrected chi connectivity index (χ1v) is 13.2. The minimum atomic E-state index is -1.59. The van der Waals surface area contributed by atoms with Crippen molar-refractivity contribution < 1.29 is 42.9 Å². The number of aromatic nitrogens is 3. The normalized spacial score (nSPS) is 26.2. The van der Waals surface area contributed by atoms with Gasteiger partial charge in [0, 0.05) is 57.0 Å². The largest absolute Gasteiger partial charge is 0.463 e. The zero-order chi connectivity index (χ0) is 29.3. The lowest BCUT2D eigenvalue weighted by Gasteiger charge is -2.34. The number of nitrogens with two attached hydrogens (primary N) is 1. The first-order valence-electron chi connectivity index (χ1n) is 13.2. The van der Waals surface area contributed by atoms with E-state index in [9.17, 15) is 19.2 Å². The van der Waals surface area contributed by atoms with Crippen LogP contribution in [-0.2, 0) is 42.9 Å². The highest BCUT2D eigenvalue weighted by molar-refractivity contribution is 6.13. The number of carbonyl (C=O) groups excluding carboxylic acids is 4. The van der Waals surface area contributed by atoms with Gasteiger partial charge in [0.05, 0.1) is 25.0 Å². The number of hydrogen-bond donors (Lipinski definition) is 2. The van der Waals surface area contributed by atoms with E-state index in [0.29, 0.717) is 49.4 Å². The number of amides is 1. The molecule has 3 N–H and O–H groups in total. The van der Waals surface area contributed by atoms with Crippen molar-refractivity contribution in [3.05, 3.63) is 24.2 Å². The van der Waals surface area contributed by atoms with Gasteiger partial charge in [0.1, 0.15) is 30.5 Å². The summed E-state index contributed by atoms with van der Waals surface area (Å²) in [4.78, 5) is 60.1. The molecule has 2 aromatic rings. The number of esters is 3. The van der Waals surface area contributed by atoms with E-state index in [-0.39, 0.29) is 24.5 Å². The lowest BCUT2D eigenvalue weighted by Crippen LogP contribution is -2.50. The van der Waals surface area contributed by atoms with Gasteiger partial charge in [-0.1, -0.05) is 0 Å². The summed E-state index contributed by atoms with van der Waals surface area (Å²) in [6.45, 7) is 6.82. The minimum absolute atomic E-state index is 0.0752. The fourth-order valence-electron chi connectivity index (χ4n) is 5.38. The van der Waals surface area contributed by atoms with Crippen LogP contribution in [-0.4, -0.2) is 101 Å². The van der Waals surface area contributed by atoms with Crippen molar-refractivity contribution >= 4 is 46.4 Å². The molecule has 4 atom stereocenters. The summed E-state index contributed by atoms with van der Waals surface area (Å²) >= 11 is 0. The van der Waals surface area contributed by atoms with Crippen LogP contribution in [0.25, 0.3) is 16.7 Å². The fraction of sp³-hybridized carbons (Fsp3) is 0.538. The molecule has 1 amide bonds. The third-order valence-corrected chi connectivity index (χ3v) is 7.21. The molecule has 0 radical (unpaired) electrons. The van der Waals surface area contributed by atoms with Gasteiger partial charge < -0.3 is 39.3 Å². The van der Waals surface area contributed by atoms with Gasteiger partial charge in [0.2, 0.25) is 0 Å². The molecule has 3 aliphatic rings. The number of anilines is 1. The van der Waals surface area contributed by atoms with Crippen LogP contribution in [0.2, 0.25) is 0 Å². The average Bonchev–Trinajstić information content (AvgIpc) is 3.38. The van der Waals surface area contributed by atoms with Crippen molar-refractivity contribution in [1.82, 2.24) is 19.4 Å². The third-order valence-electron chi connectivity index (χ3n) is 7.21. The van der Waals surface area contributed by atoms with E-state index in [1.165, 1.54) is 26.3 Å². The van der Waals surface area contributed by atoms with Gasteiger partial charge in [-0.3, -0.25) is 24.1 Å². The van der Waals surface area contributed by atoms with E-state index < -0.39 is 47.9 Å². The smallest absolute Gasteiger partial charge is 0.307 e. The summed E-state index contributed by atoms with van der Waals surface area (Å²) in [5.41, 5.74) is 5.55. The summed E-state index contributed by atoms with van der Waals surface area (Å²) in [7, 11) is 0. The van der Waals surface area contributed by atoms with Crippen molar-refractivity contribution in [3.8, 4) is 0 Å². The van der Waals surface area contributed by atoms with E-state index in [0.717, 1.165) is 0 Å². The fourth-order valence-corrected chi connectivity index (χ4v) is 5.38. The maximum absolute atomic E-state index is 13.1. The molecule has 0 aromatic carbocycles. The molecule has 15 heteroatoms. The van der Waals surface area contributed by atoms with Crippen molar-refractivity contribution in [3.63, 3.8) is 0 Å². The summed E-state index contributed by atoms with van der Waals surface area (Å²) in [6, 6.07) is 0. The summed E-state index contributed by atoms with van der Waals surface area (Å²) in [5.74, 6) is -1.96. The van der Waals surface area contributed by atoms with E-state index in [1.807, 2.05) is 0 Å². The second-order valence-corrected chi connectivity index (χ2v) is 10.2. The van der Waals surface area contributed by atoms with Crippen molar-refractivity contribution in [1.29, 1.82) is 0 Å². The number of ether oxygens (including phenoxy) is 5. The second-order valence-electron chi connectivity index (χ2n) is 10.2. The van der Waals surface area contributed by atoms with Crippen LogP contribution in [0, 0.1) is 0 Å². The molecule has 0 aliphatic carbocycles. The summed E-state index contributed by atoms with van der Waals surface area (Å²) in [6.07, 6.45) is 0.907. The average molecular weight is 573 g/mol. The lowest BCUT2D eigenvalue weighted by molar-refractivity contribution is -0.186. The van der Waals surface area contributed by atoms with Crippen LogP contribution in [0.5, 0.6) is 0 Å². The van der Waals surface area contributed by atoms with Gasteiger partial charge in [0.15, 0.2) is 17.9 Å². The van der Waals surface area contributed by atoms with Crippen LogP contribution in [0.3, 0.4) is 0 Å². The number of hydrogen-bond acceptors (Lipinski definition) is 13. The Bertz CT molecular complexity index is 1400. The molecule has 3 aliphatic heterocycles. The zero-order valence-corrected chi connectivity index (χ0v) is 23.0. The number of nitrogens with zero attached hydrogens (tertiary/aromatic N) is 4. The summed E-state index contributed by atoms with van der Waals surface area (Å²) in [5, 5.41) is 3.11. The Hall–Kier alpha value is -4.08. The number of nitrogens with one attached hydrogen (secondary N) is 1. The number of carbonyl (C=O) groups is 4. The second kappa shape index (κ2) is 11.4. The highest BCUT2D eigenvalue weighted by Crippen LogP contribution is 2.46. The van der Waals surface area contributed by atoms with Gasteiger partial charge in [0.25, 0.3) is 5.91 Å². The molecule has 15 nitrogen and oxygen atoms in total. The summed E-state index contributed by atoms with van der Waals surface area (Å²) < 4.78 is 30.3. The van der Waals surface area contributed by atoms with Gasteiger partial charge in [-0.25, -0.2) is 9.97 Å². The molecule has 4 unspecified atom stereocenters. The first-order chi connectivity index (χ1) is 19.6. The Morgan fingerprint density at radius 2 is 1.95 bits per heavy atom. The lowest BCUT2D eigenvalue weighted by atomic mass is 9.95. The molecule has 41 heavy (non-hydrogen) atoms. The van der Waals surface area contributed by atoms with Crippen molar-refractivity contribution in [2.24, 2.45) is 5.73 Å². The van der Waals surface area contributed by atoms with Crippen LogP contribution in [0.1, 0.15) is 39.0 Å². The van der Waals surface area contributed by atoms with E-state index in [4.69, 9.17) is 29.4 Å².